The maximum Gasteiger partial charge on any atom is 0.241 e. The molecule has 0 bridgehead atoms. The molecule has 1 heterocycles. The highest BCUT2D eigenvalue weighted by Crippen LogP contribution is 2.18. The smallest absolute Gasteiger partial charge is 0.241 e. The molecule has 6 nitrogen and oxygen atoms in total. The number of piperidine rings is 1. The Morgan fingerprint density at radius 3 is 2.27 bits per heavy atom. The fourth-order valence-electron chi connectivity index (χ4n) is 2.36. The molecule has 0 spiro atoms. The third-order valence-electron chi connectivity index (χ3n) is 4.21. The van der Waals surface area contributed by atoms with Gasteiger partial charge in [0.05, 0.1) is 6.61 Å². The van der Waals surface area contributed by atoms with Gasteiger partial charge in [-0.1, -0.05) is 13.8 Å². The van der Waals surface area contributed by atoms with Crippen molar-refractivity contribution in [1.29, 1.82) is 0 Å². The number of nitrogens with two attached hydrogens (primary N) is 1. The first-order chi connectivity index (χ1) is 9.86. The van der Waals surface area contributed by atoms with E-state index in [4.69, 9.17) is 10.5 Å². The zero-order valence-electron chi connectivity index (χ0n) is 14.0. The molecule has 3 N–H and O–H groups in total. The van der Waals surface area contributed by atoms with Crippen molar-refractivity contribution in [2.45, 2.75) is 45.7 Å². The fraction of sp³-hybridized carbons (Fsp3) is 0.867. The first-order valence-electron chi connectivity index (χ1n) is 7.70. The highest BCUT2D eigenvalue weighted by molar-refractivity contribution is 5.85. The van der Waals surface area contributed by atoms with E-state index in [1.54, 1.807) is 4.90 Å². The van der Waals surface area contributed by atoms with Crippen LogP contribution in [0.5, 0.6) is 0 Å². The minimum atomic E-state index is -0.610. The van der Waals surface area contributed by atoms with Crippen LogP contribution in [0.1, 0.15) is 33.6 Å². The summed E-state index contributed by atoms with van der Waals surface area (Å²) >= 11 is 0. The van der Waals surface area contributed by atoms with E-state index in [2.05, 4.69) is 19.2 Å². The molecule has 1 fully saturated rings. The lowest BCUT2D eigenvalue weighted by Crippen LogP contribution is -2.51. The molecule has 0 saturated carbocycles. The second-order valence-corrected chi connectivity index (χ2v) is 6.20. The van der Waals surface area contributed by atoms with Crippen molar-refractivity contribution in [3.05, 3.63) is 0 Å². The number of carbonyl (C=O) groups excluding carboxylic acids is 2. The second kappa shape index (κ2) is 10.0. The fourth-order valence-corrected chi connectivity index (χ4v) is 2.36. The molecule has 1 rings (SSSR count). The Morgan fingerprint density at radius 1 is 1.27 bits per heavy atom. The molecule has 0 radical (unpaired) electrons. The van der Waals surface area contributed by atoms with E-state index in [1.807, 2.05) is 6.92 Å². The van der Waals surface area contributed by atoms with E-state index in [-0.39, 0.29) is 42.8 Å². The number of hydrogen-bond acceptors (Lipinski definition) is 4. The van der Waals surface area contributed by atoms with Gasteiger partial charge in [0.25, 0.3) is 0 Å². The molecule has 1 aliphatic heterocycles. The largest absolute Gasteiger partial charge is 0.383 e. The summed E-state index contributed by atoms with van der Waals surface area (Å²) in [6.07, 6.45) is 1.39. The van der Waals surface area contributed by atoms with Crippen LogP contribution in [-0.4, -0.2) is 55.6 Å². The standard InChI is InChI=1S/C15H29N3O3.ClH/c1-10(2)11(3)17-14(19)12-5-7-18(8-6-12)15(20)13(16)9-21-4;/h10-13H,5-9,16H2,1-4H3,(H,17,19);1H. The Balaban J connectivity index is 0.00000441. The highest BCUT2D eigenvalue weighted by Gasteiger charge is 2.30. The minimum Gasteiger partial charge on any atom is -0.383 e. The Hall–Kier alpha value is -0.850. The van der Waals surface area contributed by atoms with Gasteiger partial charge in [0, 0.05) is 32.2 Å². The van der Waals surface area contributed by atoms with E-state index >= 15 is 0 Å². The highest BCUT2D eigenvalue weighted by atomic mass is 35.5. The lowest BCUT2D eigenvalue weighted by atomic mass is 9.94. The molecule has 7 heteroatoms. The Morgan fingerprint density at radius 2 is 1.82 bits per heavy atom. The number of ether oxygens (including phenoxy) is 1. The van der Waals surface area contributed by atoms with Gasteiger partial charge >= 0.3 is 0 Å². The van der Waals surface area contributed by atoms with Crippen molar-refractivity contribution in [2.24, 2.45) is 17.6 Å². The molecule has 1 saturated heterocycles. The van der Waals surface area contributed by atoms with Gasteiger partial charge in [-0.05, 0) is 25.7 Å². The molecule has 0 aromatic rings. The van der Waals surface area contributed by atoms with Crippen LogP contribution >= 0.6 is 12.4 Å². The summed E-state index contributed by atoms with van der Waals surface area (Å²) in [5.74, 6) is 0.423. The zero-order chi connectivity index (χ0) is 16.0. The van der Waals surface area contributed by atoms with Gasteiger partial charge in [0.1, 0.15) is 6.04 Å². The number of amides is 2. The quantitative estimate of drug-likeness (QED) is 0.751. The monoisotopic (exact) mass is 335 g/mol. The van der Waals surface area contributed by atoms with Gasteiger partial charge in [-0.3, -0.25) is 9.59 Å². The van der Waals surface area contributed by atoms with Crippen LogP contribution < -0.4 is 11.1 Å². The van der Waals surface area contributed by atoms with Gasteiger partial charge in [-0.25, -0.2) is 0 Å². The van der Waals surface area contributed by atoms with Gasteiger partial charge < -0.3 is 20.7 Å². The number of likely N-dealkylation sites (tertiary alicyclic amines) is 1. The Bertz CT molecular complexity index is 358. The second-order valence-electron chi connectivity index (χ2n) is 6.20. The molecule has 130 valence electrons. The molecule has 0 aliphatic carbocycles. The van der Waals surface area contributed by atoms with Crippen molar-refractivity contribution in [3.63, 3.8) is 0 Å². The number of rotatable bonds is 6. The van der Waals surface area contributed by atoms with Crippen LogP contribution in [0, 0.1) is 11.8 Å². The third-order valence-corrected chi connectivity index (χ3v) is 4.21. The van der Waals surface area contributed by atoms with Crippen LogP contribution in [-0.2, 0) is 14.3 Å². The number of nitrogens with zero attached hydrogens (tertiary/aromatic N) is 1. The molecule has 2 amide bonds. The van der Waals surface area contributed by atoms with Crippen molar-refractivity contribution in [1.82, 2.24) is 10.2 Å². The van der Waals surface area contributed by atoms with Crippen molar-refractivity contribution >= 4 is 24.2 Å². The Labute approximate surface area is 139 Å². The Kier molecular flexibility index (Phi) is 9.64. The van der Waals surface area contributed by atoms with Crippen LogP contribution in [0.15, 0.2) is 0 Å². The summed E-state index contributed by atoms with van der Waals surface area (Å²) in [5.41, 5.74) is 5.76. The van der Waals surface area contributed by atoms with Gasteiger partial charge in [0.15, 0.2) is 0 Å². The summed E-state index contributed by atoms with van der Waals surface area (Å²) in [4.78, 5) is 26.0. The topological polar surface area (TPSA) is 84.7 Å². The number of carbonyl (C=O) groups is 2. The lowest BCUT2D eigenvalue weighted by molar-refractivity contribution is -0.137. The maximum atomic E-state index is 12.2. The summed E-state index contributed by atoms with van der Waals surface area (Å²) < 4.78 is 4.90. The van der Waals surface area contributed by atoms with Gasteiger partial charge in [-0.15, -0.1) is 12.4 Å². The van der Waals surface area contributed by atoms with Crippen LogP contribution in [0.25, 0.3) is 0 Å². The van der Waals surface area contributed by atoms with Crippen LogP contribution in [0.4, 0.5) is 0 Å². The zero-order valence-corrected chi connectivity index (χ0v) is 14.8. The van der Waals surface area contributed by atoms with Crippen molar-refractivity contribution < 1.29 is 14.3 Å². The number of methoxy groups -OCH3 is 1. The maximum absolute atomic E-state index is 12.2. The average molecular weight is 336 g/mol. The van der Waals surface area contributed by atoms with E-state index in [0.717, 1.165) is 0 Å². The average Bonchev–Trinajstić information content (AvgIpc) is 2.46. The van der Waals surface area contributed by atoms with Crippen molar-refractivity contribution in [3.8, 4) is 0 Å². The lowest BCUT2D eigenvalue weighted by Gasteiger charge is -2.33. The minimum absolute atomic E-state index is 0. The van der Waals surface area contributed by atoms with Crippen LogP contribution in [0.3, 0.4) is 0 Å². The first-order valence-corrected chi connectivity index (χ1v) is 7.70. The molecular formula is C15H30ClN3O3. The van der Waals surface area contributed by atoms with Gasteiger partial charge in [-0.2, -0.15) is 0 Å². The van der Waals surface area contributed by atoms with Crippen LogP contribution in [0.2, 0.25) is 0 Å². The number of nitrogens with one attached hydrogen (secondary N) is 1. The summed E-state index contributed by atoms with van der Waals surface area (Å²) in [6.45, 7) is 7.59. The predicted molar refractivity (Wildman–Crippen MR) is 88.8 cm³/mol. The molecule has 2 atom stereocenters. The van der Waals surface area contributed by atoms with E-state index in [9.17, 15) is 9.59 Å². The molecule has 0 aromatic carbocycles. The summed E-state index contributed by atoms with van der Waals surface area (Å²) in [6, 6.07) is -0.436. The van der Waals surface area contributed by atoms with Crippen molar-refractivity contribution in [2.75, 3.05) is 26.8 Å². The SMILES string of the molecule is COCC(N)C(=O)N1CCC(C(=O)NC(C)C(C)C)CC1.Cl. The summed E-state index contributed by atoms with van der Waals surface area (Å²) in [7, 11) is 1.53. The van der Waals surface area contributed by atoms with E-state index in [0.29, 0.717) is 31.8 Å². The molecule has 0 aromatic heterocycles. The van der Waals surface area contributed by atoms with E-state index < -0.39 is 6.04 Å². The third kappa shape index (κ3) is 6.10. The predicted octanol–water partition coefficient (Wildman–Crippen LogP) is 0.781. The number of halogens is 1. The van der Waals surface area contributed by atoms with E-state index in [1.165, 1.54) is 7.11 Å². The number of hydrogen-bond donors (Lipinski definition) is 2. The van der Waals surface area contributed by atoms with Gasteiger partial charge in [0.2, 0.25) is 11.8 Å². The normalized spacial score (nSPS) is 18.5. The first kappa shape index (κ1) is 21.1. The molecule has 2 unspecified atom stereocenters. The molecule has 22 heavy (non-hydrogen) atoms. The summed E-state index contributed by atoms with van der Waals surface area (Å²) in [5, 5.41) is 3.05. The molecule has 1 aliphatic rings. The molecular weight excluding hydrogens is 306 g/mol.